The molecule has 1 unspecified atom stereocenters. The first kappa shape index (κ1) is 17.9. The van der Waals surface area contributed by atoms with Gasteiger partial charge in [-0.3, -0.25) is 4.79 Å². The minimum absolute atomic E-state index is 0.0126. The molecule has 0 bridgehead atoms. The van der Waals surface area contributed by atoms with Crippen molar-refractivity contribution in [3.63, 3.8) is 0 Å². The summed E-state index contributed by atoms with van der Waals surface area (Å²) in [5.74, 6) is -2.12. The average Bonchev–Trinajstić information content (AvgIpc) is 3.14. The number of hydrogen-bond donors (Lipinski definition) is 2. The van der Waals surface area contributed by atoms with Crippen molar-refractivity contribution in [3.8, 4) is 11.4 Å². The number of aliphatic carboxylic acids is 1. The lowest BCUT2D eigenvalue weighted by atomic mass is 10.2. The predicted octanol–water partition coefficient (Wildman–Crippen LogP) is 2.25. The number of aromatic nitrogens is 2. The summed E-state index contributed by atoms with van der Waals surface area (Å²) >= 11 is 1.44. The molecule has 0 spiro atoms. The van der Waals surface area contributed by atoms with Gasteiger partial charge in [-0.15, -0.1) is 0 Å². The third-order valence-electron chi connectivity index (χ3n) is 2.88. The van der Waals surface area contributed by atoms with Crippen molar-refractivity contribution >= 4 is 23.2 Å². The second kappa shape index (κ2) is 7.43. The fraction of sp³-hybridized carbons (Fsp3) is 0.385. The molecular weight excluding hydrogens is 351 g/mol. The molecule has 0 saturated heterocycles. The Labute approximate surface area is 137 Å². The second-order valence-electron chi connectivity index (χ2n) is 4.80. The van der Waals surface area contributed by atoms with E-state index in [1.54, 1.807) is 11.4 Å². The molecule has 2 aromatic heterocycles. The number of aryl methyl sites for hydroxylation is 1. The van der Waals surface area contributed by atoms with Crippen LogP contribution < -0.4 is 5.32 Å². The number of carbonyl (C=O) groups excluding carboxylic acids is 1. The highest BCUT2D eigenvalue weighted by molar-refractivity contribution is 7.08. The Bertz CT molecular complexity index is 700. The van der Waals surface area contributed by atoms with Crippen LogP contribution in [-0.2, 0) is 16.0 Å². The first-order valence-corrected chi connectivity index (χ1v) is 7.63. The first-order valence-electron chi connectivity index (χ1n) is 6.68. The lowest BCUT2D eigenvalue weighted by Crippen LogP contribution is -2.43. The molecule has 7 nitrogen and oxygen atoms in total. The Balaban J connectivity index is 1.87. The molecule has 1 amide bonds. The zero-order chi connectivity index (χ0) is 17.7. The molecule has 130 valence electrons. The Morgan fingerprint density at radius 1 is 1.42 bits per heavy atom. The van der Waals surface area contributed by atoms with E-state index < -0.39 is 30.5 Å². The molecule has 0 aliphatic carbocycles. The molecule has 2 N–H and O–H groups in total. The smallest absolute Gasteiger partial charge is 0.391 e. The van der Waals surface area contributed by atoms with Crippen LogP contribution in [0.15, 0.2) is 21.3 Å². The molecule has 2 aromatic rings. The molecule has 11 heteroatoms. The maximum Gasteiger partial charge on any atom is 0.391 e. The van der Waals surface area contributed by atoms with E-state index in [1.807, 2.05) is 10.7 Å². The van der Waals surface area contributed by atoms with Crippen LogP contribution in [0.1, 0.15) is 18.7 Å². The van der Waals surface area contributed by atoms with Crippen molar-refractivity contribution in [1.29, 1.82) is 0 Å². The van der Waals surface area contributed by atoms with Gasteiger partial charge in [0.05, 0.1) is 6.42 Å². The van der Waals surface area contributed by atoms with Crippen molar-refractivity contribution in [2.24, 2.45) is 0 Å². The van der Waals surface area contributed by atoms with Gasteiger partial charge in [0.25, 0.3) is 0 Å². The van der Waals surface area contributed by atoms with Crippen LogP contribution in [0.5, 0.6) is 0 Å². The van der Waals surface area contributed by atoms with E-state index in [-0.39, 0.29) is 18.7 Å². The van der Waals surface area contributed by atoms with E-state index >= 15 is 0 Å². The first-order chi connectivity index (χ1) is 11.2. The van der Waals surface area contributed by atoms with E-state index in [1.165, 1.54) is 11.3 Å². The standard InChI is InChI=1S/C13H12F3N3O4S/c14-13(15,16)5-8(12(21)22)17-9(20)1-2-10-18-11(19-23-10)7-3-4-24-6-7/h3-4,6,8H,1-2,5H2,(H,17,20)(H,21,22). The van der Waals surface area contributed by atoms with Gasteiger partial charge in [0, 0.05) is 23.8 Å². The van der Waals surface area contributed by atoms with Gasteiger partial charge in [0.1, 0.15) is 6.04 Å². The van der Waals surface area contributed by atoms with E-state index in [0.29, 0.717) is 5.82 Å². The molecular formula is C13H12F3N3O4S. The van der Waals surface area contributed by atoms with Gasteiger partial charge < -0.3 is 14.9 Å². The van der Waals surface area contributed by atoms with Crippen LogP contribution >= 0.6 is 11.3 Å². The van der Waals surface area contributed by atoms with Gasteiger partial charge in [-0.25, -0.2) is 4.79 Å². The summed E-state index contributed by atoms with van der Waals surface area (Å²) in [6, 6.07) is -0.248. The maximum absolute atomic E-state index is 12.3. The fourth-order valence-corrected chi connectivity index (χ4v) is 2.42. The second-order valence-corrected chi connectivity index (χ2v) is 5.58. The number of carboxylic acid groups (broad SMARTS) is 1. The third-order valence-corrected chi connectivity index (χ3v) is 3.57. The Morgan fingerprint density at radius 2 is 2.17 bits per heavy atom. The molecule has 2 heterocycles. The fourth-order valence-electron chi connectivity index (χ4n) is 1.78. The highest BCUT2D eigenvalue weighted by Crippen LogP contribution is 2.22. The van der Waals surface area contributed by atoms with Crippen molar-refractivity contribution in [2.75, 3.05) is 0 Å². The number of alkyl halides is 3. The van der Waals surface area contributed by atoms with Gasteiger partial charge in [-0.2, -0.15) is 29.5 Å². The number of rotatable bonds is 7. The van der Waals surface area contributed by atoms with Crippen LogP contribution in [0.3, 0.4) is 0 Å². The number of carboxylic acids is 1. The highest BCUT2D eigenvalue weighted by Gasteiger charge is 2.36. The molecule has 0 aromatic carbocycles. The number of nitrogens with one attached hydrogen (secondary N) is 1. The number of amides is 1. The normalized spacial score (nSPS) is 12.8. The largest absolute Gasteiger partial charge is 0.480 e. The summed E-state index contributed by atoms with van der Waals surface area (Å²) in [4.78, 5) is 26.4. The number of halogens is 3. The summed E-state index contributed by atoms with van der Waals surface area (Å²) in [6.45, 7) is 0. The lowest BCUT2D eigenvalue weighted by molar-refractivity contribution is -0.160. The maximum atomic E-state index is 12.3. The number of carbonyl (C=O) groups is 2. The van der Waals surface area contributed by atoms with Crippen molar-refractivity contribution in [1.82, 2.24) is 15.5 Å². The Hall–Kier alpha value is -2.43. The summed E-state index contributed by atoms with van der Waals surface area (Å²) < 4.78 is 41.7. The molecule has 0 aliphatic heterocycles. The molecule has 0 aliphatic rings. The van der Waals surface area contributed by atoms with E-state index in [9.17, 15) is 22.8 Å². The summed E-state index contributed by atoms with van der Waals surface area (Å²) in [6.07, 6.45) is -6.62. The zero-order valence-corrected chi connectivity index (χ0v) is 12.9. The Kier molecular flexibility index (Phi) is 5.54. The minimum Gasteiger partial charge on any atom is -0.480 e. The van der Waals surface area contributed by atoms with Crippen LogP contribution in [0, 0.1) is 0 Å². The van der Waals surface area contributed by atoms with E-state index in [2.05, 4.69) is 10.1 Å². The van der Waals surface area contributed by atoms with E-state index in [0.717, 1.165) is 5.56 Å². The summed E-state index contributed by atoms with van der Waals surface area (Å²) in [7, 11) is 0. The molecule has 2 rings (SSSR count). The predicted molar refractivity (Wildman–Crippen MR) is 76.2 cm³/mol. The lowest BCUT2D eigenvalue weighted by Gasteiger charge is -2.15. The van der Waals surface area contributed by atoms with Gasteiger partial charge in [0.15, 0.2) is 0 Å². The zero-order valence-electron chi connectivity index (χ0n) is 12.0. The number of thiophene rings is 1. The monoisotopic (exact) mass is 363 g/mol. The molecule has 0 saturated carbocycles. The highest BCUT2D eigenvalue weighted by atomic mass is 32.1. The van der Waals surface area contributed by atoms with Gasteiger partial charge in [-0.1, -0.05) is 5.16 Å². The van der Waals surface area contributed by atoms with E-state index in [4.69, 9.17) is 9.63 Å². The molecule has 0 radical (unpaired) electrons. The third kappa shape index (κ3) is 5.33. The van der Waals surface area contributed by atoms with Crippen LogP contribution in [0.25, 0.3) is 11.4 Å². The number of nitrogens with zero attached hydrogens (tertiary/aromatic N) is 2. The SMILES string of the molecule is O=C(CCc1nc(-c2ccsc2)no1)NC(CC(F)(F)F)C(=O)O. The molecule has 1 atom stereocenters. The topological polar surface area (TPSA) is 105 Å². The summed E-state index contributed by atoms with van der Waals surface area (Å²) in [5.41, 5.74) is 0.746. The number of hydrogen-bond acceptors (Lipinski definition) is 6. The average molecular weight is 363 g/mol. The van der Waals surface area contributed by atoms with Crippen LogP contribution in [0.4, 0.5) is 13.2 Å². The molecule has 24 heavy (non-hydrogen) atoms. The van der Waals surface area contributed by atoms with Crippen molar-refractivity contribution in [2.45, 2.75) is 31.5 Å². The Morgan fingerprint density at radius 3 is 2.75 bits per heavy atom. The van der Waals surface area contributed by atoms with Crippen LogP contribution in [-0.4, -0.2) is 39.3 Å². The molecule has 0 fully saturated rings. The summed E-state index contributed by atoms with van der Waals surface area (Å²) in [5, 5.41) is 17.9. The van der Waals surface area contributed by atoms with Crippen LogP contribution in [0.2, 0.25) is 0 Å². The van der Waals surface area contributed by atoms with Gasteiger partial charge in [-0.05, 0) is 11.4 Å². The van der Waals surface area contributed by atoms with Gasteiger partial charge >= 0.3 is 12.1 Å². The van der Waals surface area contributed by atoms with Crippen molar-refractivity contribution < 1.29 is 32.4 Å². The van der Waals surface area contributed by atoms with Crippen molar-refractivity contribution in [3.05, 3.63) is 22.7 Å². The van der Waals surface area contributed by atoms with Gasteiger partial charge in [0.2, 0.25) is 17.6 Å². The minimum atomic E-state index is -4.70. The quantitative estimate of drug-likeness (QED) is 0.782.